The summed E-state index contributed by atoms with van der Waals surface area (Å²) in [6, 6.07) is 17.2. The summed E-state index contributed by atoms with van der Waals surface area (Å²) in [6.07, 6.45) is 3.84. The van der Waals surface area contributed by atoms with Crippen molar-refractivity contribution in [3.8, 4) is 0 Å². The number of amides is 3. The maximum atomic E-state index is 15.1. The van der Waals surface area contributed by atoms with Crippen LogP contribution in [0.15, 0.2) is 86.0 Å². The van der Waals surface area contributed by atoms with Crippen molar-refractivity contribution < 1.29 is 29.0 Å². The van der Waals surface area contributed by atoms with Gasteiger partial charge in [-0.25, -0.2) is 0 Å². The molecule has 2 aromatic rings. The molecule has 3 amide bonds. The lowest BCUT2D eigenvalue weighted by Gasteiger charge is -2.40. The molecule has 6 rings (SSSR count). The molecule has 0 aliphatic carbocycles. The number of likely N-dealkylation sites (tertiary alicyclic amines) is 1. The van der Waals surface area contributed by atoms with Gasteiger partial charge in [-0.05, 0) is 30.4 Å². The second-order valence-corrected chi connectivity index (χ2v) is 14.1. The number of benzene rings is 2. The minimum absolute atomic E-state index is 0.117. The Morgan fingerprint density at radius 1 is 1.00 bits per heavy atom. The van der Waals surface area contributed by atoms with Crippen molar-refractivity contribution in [2.75, 3.05) is 59.1 Å². The standard InChI is InChI=1S/C39H50N4O6/c1-5-17-41(20-19-40-21-23-48-24-22-40)37(47)34-39-25-28(3)38(4,49-39)32(35(45)42(18-6-2)26-29-13-9-7-10-14-29)33(39)36(46)43(34)31(27-44)30-15-11-8-12-16-30/h5-16,28,31-34,44H,1-2,17-27H2,3-4H3/t28?,31-,32+,33+,34?,38-,39?/m1/s1. The van der Waals surface area contributed by atoms with Crippen molar-refractivity contribution in [1.82, 2.24) is 19.6 Å². The Hall–Kier alpha value is -3.83. The maximum Gasteiger partial charge on any atom is 0.248 e. The summed E-state index contributed by atoms with van der Waals surface area (Å²) in [7, 11) is 0. The number of rotatable bonds is 14. The van der Waals surface area contributed by atoms with E-state index in [1.165, 1.54) is 0 Å². The summed E-state index contributed by atoms with van der Waals surface area (Å²) in [4.78, 5) is 52.3. The van der Waals surface area contributed by atoms with E-state index in [2.05, 4.69) is 25.0 Å². The number of aliphatic hydroxyl groups is 1. The van der Waals surface area contributed by atoms with Crippen LogP contribution in [0.25, 0.3) is 0 Å². The van der Waals surface area contributed by atoms with E-state index >= 15 is 9.59 Å². The lowest BCUT2D eigenvalue weighted by atomic mass is 9.62. The van der Waals surface area contributed by atoms with E-state index < -0.39 is 35.1 Å². The highest BCUT2D eigenvalue weighted by molar-refractivity contribution is 5.99. The Morgan fingerprint density at radius 3 is 2.27 bits per heavy atom. The van der Waals surface area contributed by atoms with Gasteiger partial charge in [-0.1, -0.05) is 79.7 Å². The third-order valence-electron chi connectivity index (χ3n) is 11.3. The van der Waals surface area contributed by atoms with Crippen molar-refractivity contribution in [3.05, 3.63) is 97.1 Å². The molecule has 49 heavy (non-hydrogen) atoms. The van der Waals surface area contributed by atoms with Crippen LogP contribution in [0.3, 0.4) is 0 Å². The van der Waals surface area contributed by atoms with Gasteiger partial charge in [0.2, 0.25) is 17.7 Å². The zero-order valence-corrected chi connectivity index (χ0v) is 28.8. The first-order valence-corrected chi connectivity index (χ1v) is 17.5. The number of morpholine rings is 1. The van der Waals surface area contributed by atoms with Gasteiger partial charge in [0.05, 0.1) is 43.3 Å². The van der Waals surface area contributed by atoms with E-state index in [1.54, 1.807) is 26.9 Å². The Labute approximate surface area is 289 Å². The second-order valence-electron chi connectivity index (χ2n) is 14.1. The van der Waals surface area contributed by atoms with Crippen molar-refractivity contribution in [2.45, 2.75) is 50.1 Å². The molecule has 7 atom stereocenters. The summed E-state index contributed by atoms with van der Waals surface area (Å²) in [6.45, 7) is 16.3. The predicted molar refractivity (Wildman–Crippen MR) is 186 cm³/mol. The molecule has 0 saturated carbocycles. The molecule has 4 aliphatic rings. The van der Waals surface area contributed by atoms with Gasteiger partial charge in [0, 0.05) is 45.8 Å². The van der Waals surface area contributed by atoms with Crippen LogP contribution in [0.4, 0.5) is 0 Å². The quantitative estimate of drug-likeness (QED) is 0.308. The normalized spacial score (nSPS) is 29.8. The topological polar surface area (TPSA) is 103 Å². The molecule has 2 aromatic carbocycles. The van der Waals surface area contributed by atoms with Crippen molar-refractivity contribution in [2.24, 2.45) is 17.8 Å². The van der Waals surface area contributed by atoms with Crippen LogP contribution < -0.4 is 0 Å². The number of hydrogen-bond donors (Lipinski definition) is 1. The fourth-order valence-corrected chi connectivity index (χ4v) is 8.79. The van der Waals surface area contributed by atoms with Crippen molar-refractivity contribution in [1.29, 1.82) is 0 Å². The molecule has 0 aromatic heterocycles. The van der Waals surface area contributed by atoms with Gasteiger partial charge in [-0.2, -0.15) is 0 Å². The minimum atomic E-state index is -1.25. The summed E-state index contributed by atoms with van der Waals surface area (Å²) < 4.78 is 12.6. The molecule has 4 fully saturated rings. The second kappa shape index (κ2) is 14.6. The number of aliphatic hydroxyl groups excluding tert-OH is 1. The number of fused-ring (bicyclic) bond motifs is 1. The van der Waals surface area contributed by atoms with Crippen LogP contribution in [-0.4, -0.2) is 119 Å². The summed E-state index contributed by atoms with van der Waals surface area (Å²) in [5.41, 5.74) is -0.552. The number of ether oxygens (including phenoxy) is 2. The van der Waals surface area contributed by atoms with Gasteiger partial charge < -0.3 is 29.3 Å². The molecule has 4 heterocycles. The lowest BCUT2D eigenvalue weighted by Crippen LogP contribution is -2.58. The largest absolute Gasteiger partial charge is 0.394 e. The van der Waals surface area contributed by atoms with E-state index in [0.717, 1.165) is 18.7 Å². The van der Waals surface area contributed by atoms with Gasteiger partial charge >= 0.3 is 0 Å². The molecule has 4 aliphatic heterocycles. The van der Waals surface area contributed by atoms with Crippen molar-refractivity contribution in [3.63, 3.8) is 0 Å². The molecular weight excluding hydrogens is 620 g/mol. The number of hydrogen-bond acceptors (Lipinski definition) is 7. The van der Waals surface area contributed by atoms with Gasteiger partial charge in [-0.15, -0.1) is 13.2 Å². The highest BCUT2D eigenvalue weighted by atomic mass is 16.5. The van der Waals surface area contributed by atoms with E-state index in [9.17, 15) is 9.90 Å². The van der Waals surface area contributed by atoms with Crippen LogP contribution in [-0.2, 0) is 30.4 Å². The molecule has 10 heteroatoms. The maximum absolute atomic E-state index is 15.1. The van der Waals surface area contributed by atoms with Gasteiger partial charge in [0.25, 0.3) is 0 Å². The number of nitrogens with zero attached hydrogens (tertiary/aromatic N) is 4. The first kappa shape index (κ1) is 35.0. The first-order chi connectivity index (χ1) is 23.7. The monoisotopic (exact) mass is 670 g/mol. The molecule has 2 bridgehead atoms. The Bertz CT molecular complexity index is 1520. The van der Waals surface area contributed by atoms with Crippen molar-refractivity contribution >= 4 is 17.7 Å². The summed E-state index contributed by atoms with van der Waals surface area (Å²) in [5.74, 6) is -2.63. The first-order valence-electron chi connectivity index (χ1n) is 17.5. The number of carbonyl (C=O) groups excluding carboxylic acids is 3. The SMILES string of the molecule is C=CCN(CCN1CCOCC1)C(=O)C1N([C@H](CO)c2ccccc2)C(=O)[C@@H]2[C@@H](C(=O)N(CC=C)Cc3ccccc3)[C@]3(C)OC12CC3C. The molecular formula is C39H50N4O6. The third-order valence-corrected chi connectivity index (χ3v) is 11.3. The predicted octanol–water partition coefficient (Wildman–Crippen LogP) is 3.29. The lowest BCUT2D eigenvalue weighted by molar-refractivity contribution is -0.158. The molecule has 262 valence electrons. The number of carbonyl (C=O) groups is 3. The van der Waals surface area contributed by atoms with Crippen LogP contribution in [0.1, 0.15) is 37.4 Å². The summed E-state index contributed by atoms with van der Waals surface area (Å²) >= 11 is 0. The molecule has 0 radical (unpaired) electrons. The zero-order chi connectivity index (χ0) is 34.8. The van der Waals surface area contributed by atoms with Gasteiger partial charge in [0.15, 0.2) is 0 Å². The highest BCUT2D eigenvalue weighted by Crippen LogP contribution is 2.66. The smallest absolute Gasteiger partial charge is 0.248 e. The minimum Gasteiger partial charge on any atom is -0.394 e. The average Bonchev–Trinajstić information content (AvgIpc) is 3.64. The van der Waals surface area contributed by atoms with Gasteiger partial charge in [-0.3, -0.25) is 19.3 Å². The van der Waals surface area contributed by atoms with Crippen LogP contribution >= 0.6 is 0 Å². The Morgan fingerprint density at radius 2 is 1.63 bits per heavy atom. The average molecular weight is 671 g/mol. The molecule has 1 N–H and O–H groups in total. The molecule has 10 nitrogen and oxygen atoms in total. The third kappa shape index (κ3) is 6.24. The van der Waals surface area contributed by atoms with E-state index in [4.69, 9.17) is 9.47 Å². The van der Waals surface area contributed by atoms with Gasteiger partial charge in [0.1, 0.15) is 11.6 Å². The van der Waals surface area contributed by atoms with E-state index in [1.807, 2.05) is 67.6 Å². The fraction of sp³-hybridized carbons (Fsp3) is 0.513. The molecule has 1 spiro atoms. The molecule has 4 saturated heterocycles. The summed E-state index contributed by atoms with van der Waals surface area (Å²) in [5, 5.41) is 10.9. The zero-order valence-electron chi connectivity index (χ0n) is 28.8. The van der Waals surface area contributed by atoms with Crippen LogP contribution in [0, 0.1) is 17.8 Å². The Balaban J connectivity index is 1.42. The fourth-order valence-electron chi connectivity index (χ4n) is 8.79. The van der Waals surface area contributed by atoms with E-state index in [0.29, 0.717) is 51.4 Å². The van der Waals surface area contributed by atoms with E-state index in [-0.39, 0.29) is 36.8 Å². The van der Waals surface area contributed by atoms with Crippen LogP contribution in [0.2, 0.25) is 0 Å². The highest BCUT2D eigenvalue weighted by Gasteiger charge is 2.80. The van der Waals surface area contributed by atoms with Crippen LogP contribution in [0.5, 0.6) is 0 Å². The Kier molecular flexibility index (Phi) is 10.4. The molecule has 3 unspecified atom stereocenters.